The summed E-state index contributed by atoms with van der Waals surface area (Å²) in [6, 6.07) is 0. The minimum absolute atomic E-state index is 0.0659. The van der Waals surface area contributed by atoms with Crippen molar-refractivity contribution in [2.45, 2.75) is 110 Å². The molecule has 0 aliphatic rings. The van der Waals surface area contributed by atoms with Gasteiger partial charge in [-0.3, -0.25) is 19.3 Å². The molecule has 0 aliphatic heterocycles. The Bertz CT molecular complexity index is 570. The third kappa shape index (κ3) is 22.5. The zero-order chi connectivity index (χ0) is 26.7. The quantitative estimate of drug-likeness (QED) is 0.0560. The van der Waals surface area contributed by atoms with E-state index < -0.39 is 0 Å². The lowest BCUT2D eigenvalue weighted by Crippen LogP contribution is -2.36. The van der Waals surface area contributed by atoms with Gasteiger partial charge in [-0.25, -0.2) is 0 Å². The average Bonchev–Trinajstić information content (AvgIpc) is 2.86. The molecule has 0 fully saturated rings. The molecule has 0 aromatic rings. The van der Waals surface area contributed by atoms with E-state index in [0.717, 1.165) is 32.1 Å². The highest BCUT2D eigenvalue weighted by molar-refractivity contribution is 5.76. The average molecular weight is 513 g/mol. The summed E-state index contributed by atoms with van der Waals surface area (Å²) in [5.41, 5.74) is 0. The molecule has 0 spiro atoms. The normalized spacial score (nSPS) is 11.2. The van der Waals surface area contributed by atoms with Gasteiger partial charge in [-0.15, -0.1) is 0 Å². The number of ether oxygens (including phenoxy) is 2. The van der Waals surface area contributed by atoms with Crippen molar-refractivity contribution in [3.8, 4) is 0 Å². The lowest BCUT2D eigenvalue weighted by molar-refractivity contribution is -0.159. The van der Waals surface area contributed by atoms with Gasteiger partial charge in [0.1, 0.15) is 0 Å². The predicted molar refractivity (Wildman–Crippen MR) is 143 cm³/mol. The smallest absolute Gasteiger partial charge is 0.307 e. The first kappa shape index (κ1) is 34.1. The van der Waals surface area contributed by atoms with Crippen molar-refractivity contribution in [2.75, 3.05) is 40.2 Å². The molecule has 0 saturated carbocycles. The van der Waals surface area contributed by atoms with Crippen molar-refractivity contribution in [3.05, 3.63) is 12.2 Å². The molecule has 0 aliphatic carbocycles. The van der Waals surface area contributed by atoms with E-state index in [9.17, 15) is 14.4 Å². The molecule has 8 heteroatoms. The fourth-order valence-corrected chi connectivity index (χ4v) is 3.80. The van der Waals surface area contributed by atoms with Crippen molar-refractivity contribution < 1.29 is 29.0 Å². The van der Waals surface area contributed by atoms with Crippen LogP contribution in [0, 0.1) is 0 Å². The minimum Gasteiger partial charge on any atom is -0.446 e. The third-order valence-electron chi connectivity index (χ3n) is 6.09. The Morgan fingerprint density at radius 3 is 2.00 bits per heavy atom. The van der Waals surface area contributed by atoms with Crippen LogP contribution in [-0.4, -0.2) is 73.5 Å². The van der Waals surface area contributed by atoms with E-state index in [-0.39, 0.29) is 44.8 Å². The van der Waals surface area contributed by atoms with Gasteiger partial charge in [0.25, 0.3) is 6.47 Å². The summed E-state index contributed by atoms with van der Waals surface area (Å²) in [5.74, 6) is -0.595. The van der Waals surface area contributed by atoms with Gasteiger partial charge in [-0.2, -0.15) is 0 Å². The number of amides is 1. The van der Waals surface area contributed by atoms with Gasteiger partial charge in [0, 0.05) is 19.4 Å². The number of carbonyl (C=O) groups is 3. The van der Waals surface area contributed by atoms with Gasteiger partial charge in [0.05, 0.1) is 6.61 Å². The van der Waals surface area contributed by atoms with E-state index in [0.29, 0.717) is 25.9 Å². The number of unbranched alkanes of at least 4 members (excludes halogenated alkanes) is 11. The van der Waals surface area contributed by atoms with Crippen LogP contribution in [0.4, 0.5) is 0 Å². The van der Waals surface area contributed by atoms with Crippen LogP contribution >= 0.6 is 0 Å². The Morgan fingerprint density at radius 1 is 0.778 bits per heavy atom. The number of aliphatic hydroxyl groups is 1. The molecule has 0 saturated heterocycles. The molecule has 0 aromatic heterocycles. The molecule has 0 atom stereocenters. The van der Waals surface area contributed by atoms with Gasteiger partial charge in [-0.1, -0.05) is 70.4 Å². The Kier molecular flexibility index (Phi) is 24.7. The van der Waals surface area contributed by atoms with E-state index in [1.807, 2.05) is 11.9 Å². The van der Waals surface area contributed by atoms with Crippen molar-refractivity contribution in [2.24, 2.45) is 0 Å². The predicted octanol–water partition coefficient (Wildman–Crippen LogP) is 5.19. The summed E-state index contributed by atoms with van der Waals surface area (Å²) in [6.45, 7) is 3.32. The summed E-state index contributed by atoms with van der Waals surface area (Å²) < 4.78 is 9.92. The first-order valence-corrected chi connectivity index (χ1v) is 14.0. The number of esters is 1. The van der Waals surface area contributed by atoms with Crippen LogP contribution in [0.2, 0.25) is 0 Å². The largest absolute Gasteiger partial charge is 0.446 e. The molecule has 0 heterocycles. The van der Waals surface area contributed by atoms with Gasteiger partial charge < -0.3 is 19.5 Å². The fourth-order valence-electron chi connectivity index (χ4n) is 3.80. The Balaban J connectivity index is 3.82. The minimum atomic E-state index is -0.348. The number of hydrogen-bond donors (Lipinski definition) is 1. The number of aliphatic hydroxyl groups excluding tert-OH is 1. The maximum absolute atomic E-state index is 12.4. The van der Waals surface area contributed by atoms with Gasteiger partial charge in [0.2, 0.25) is 5.91 Å². The van der Waals surface area contributed by atoms with Crippen LogP contribution in [0.5, 0.6) is 0 Å². The second-order valence-electron chi connectivity index (χ2n) is 9.44. The highest BCUT2D eigenvalue weighted by Gasteiger charge is 2.16. The third-order valence-corrected chi connectivity index (χ3v) is 6.09. The second-order valence-corrected chi connectivity index (χ2v) is 9.44. The molecular formula is C28H52N2O6. The fraction of sp³-hybridized carbons (Fsp3) is 0.821. The molecule has 0 unspecified atom stereocenters. The summed E-state index contributed by atoms with van der Waals surface area (Å²) >= 11 is 0. The number of rotatable bonds is 26. The molecule has 210 valence electrons. The van der Waals surface area contributed by atoms with Crippen LogP contribution in [0.3, 0.4) is 0 Å². The molecule has 8 nitrogen and oxygen atoms in total. The zero-order valence-corrected chi connectivity index (χ0v) is 23.0. The Labute approximate surface area is 219 Å². The molecule has 36 heavy (non-hydrogen) atoms. The van der Waals surface area contributed by atoms with Crippen LogP contribution < -0.4 is 0 Å². The van der Waals surface area contributed by atoms with E-state index in [4.69, 9.17) is 14.6 Å². The van der Waals surface area contributed by atoms with Crippen LogP contribution in [0.1, 0.15) is 110 Å². The number of hydrogen-bond acceptors (Lipinski definition) is 7. The summed E-state index contributed by atoms with van der Waals surface area (Å²) in [7, 11) is 1.87. The van der Waals surface area contributed by atoms with Gasteiger partial charge >= 0.3 is 5.97 Å². The van der Waals surface area contributed by atoms with E-state index in [1.165, 1.54) is 56.3 Å². The SMILES string of the molecule is CCCCCCCC/C=C\CCCCCCCC(=O)OCN(COC=O)C(=O)CCCN(C)CCO. The van der Waals surface area contributed by atoms with Crippen molar-refractivity contribution in [1.29, 1.82) is 0 Å². The van der Waals surface area contributed by atoms with E-state index in [1.54, 1.807) is 0 Å². The monoisotopic (exact) mass is 512 g/mol. The molecule has 0 radical (unpaired) electrons. The first-order chi connectivity index (χ1) is 17.5. The summed E-state index contributed by atoms with van der Waals surface area (Å²) in [5, 5.41) is 8.92. The highest BCUT2D eigenvalue weighted by Crippen LogP contribution is 2.10. The molecule has 1 amide bonds. The molecule has 0 rings (SSSR count). The Hall–Kier alpha value is -1.93. The summed E-state index contributed by atoms with van der Waals surface area (Å²) in [4.78, 5) is 38.1. The standard InChI is InChI=1S/C28H52N2O6/c1-3-4-5-6-7-8-9-10-11-12-13-14-15-16-17-20-28(34)36-25-30(24-35-26-32)27(33)19-18-21-29(2)22-23-31/h10-11,26,31H,3-9,12-25H2,1-2H3/b11-10-. The second kappa shape index (κ2) is 26.1. The highest BCUT2D eigenvalue weighted by atomic mass is 16.6. The van der Waals surface area contributed by atoms with Crippen LogP contribution in [-0.2, 0) is 23.9 Å². The van der Waals surface area contributed by atoms with Crippen LogP contribution in [0.25, 0.3) is 0 Å². The molecular weight excluding hydrogens is 460 g/mol. The van der Waals surface area contributed by atoms with Crippen LogP contribution in [0.15, 0.2) is 12.2 Å². The van der Waals surface area contributed by atoms with Crippen molar-refractivity contribution >= 4 is 18.3 Å². The lowest BCUT2D eigenvalue weighted by Gasteiger charge is -2.22. The zero-order valence-electron chi connectivity index (χ0n) is 23.0. The Morgan fingerprint density at radius 2 is 1.39 bits per heavy atom. The number of likely N-dealkylation sites (N-methyl/N-ethyl adjacent to an activating group) is 1. The van der Waals surface area contributed by atoms with Gasteiger partial charge in [-0.05, 0) is 52.1 Å². The topological polar surface area (TPSA) is 96.4 Å². The van der Waals surface area contributed by atoms with Crippen molar-refractivity contribution in [1.82, 2.24) is 9.80 Å². The molecule has 1 N–H and O–H groups in total. The first-order valence-electron chi connectivity index (χ1n) is 14.0. The number of nitrogens with zero attached hydrogens (tertiary/aromatic N) is 2. The lowest BCUT2D eigenvalue weighted by atomic mass is 10.1. The molecule has 0 bridgehead atoms. The van der Waals surface area contributed by atoms with E-state index in [2.05, 4.69) is 19.1 Å². The maximum Gasteiger partial charge on any atom is 0.307 e. The van der Waals surface area contributed by atoms with E-state index >= 15 is 0 Å². The number of allylic oxidation sites excluding steroid dienone is 2. The van der Waals surface area contributed by atoms with Gasteiger partial charge in [0.15, 0.2) is 13.5 Å². The van der Waals surface area contributed by atoms with Crippen molar-refractivity contribution in [3.63, 3.8) is 0 Å². The molecule has 0 aromatic carbocycles. The summed E-state index contributed by atoms with van der Waals surface area (Å²) in [6.07, 6.45) is 21.3. The number of carbonyl (C=O) groups excluding carboxylic acids is 3. The maximum atomic E-state index is 12.4.